The summed E-state index contributed by atoms with van der Waals surface area (Å²) < 4.78 is 4.85. The highest BCUT2D eigenvalue weighted by molar-refractivity contribution is 5.86. The Morgan fingerprint density at radius 2 is 2.36 bits per heavy atom. The molecule has 1 N–H and O–H groups in total. The molecule has 0 unspecified atom stereocenters. The van der Waals surface area contributed by atoms with Crippen LogP contribution in [0.2, 0.25) is 0 Å². The van der Waals surface area contributed by atoms with Gasteiger partial charge in [-0.3, -0.25) is 0 Å². The summed E-state index contributed by atoms with van der Waals surface area (Å²) in [6.45, 7) is 3.72. The first-order chi connectivity index (χ1) is 5.16. The maximum absolute atomic E-state index is 10.5. The van der Waals surface area contributed by atoms with Crippen molar-refractivity contribution in [1.29, 1.82) is 0 Å². The van der Waals surface area contributed by atoms with E-state index in [9.17, 15) is 4.79 Å². The number of aryl methyl sites for hydroxylation is 1. The number of carboxylic acids is 1. The van der Waals surface area contributed by atoms with Crippen LogP contribution in [0.15, 0.2) is 10.7 Å². The highest BCUT2D eigenvalue weighted by Crippen LogP contribution is 2.16. The molecule has 0 saturated carbocycles. The van der Waals surface area contributed by atoms with Gasteiger partial charge in [0.15, 0.2) is 0 Å². The molecule has 0 aromatic carbocycles. The fourth-order valence-electron chi connectivity index (χ4n) is 1.01. The minimum absolute atomic E-state index is 0.0573. The smallest absolute Gasteiger partial charge is 0.372 e. The Hall–Kier alpha value is -1.25. The maximum Gasteiger partial charge on any atom is 0.372 e. The molecular formula is C8H10O3. The minimum Gasteiger partial charge on any atom is -0.475 e. The Labute approximate surface area is 64.6 Å². The normalized spacial score (nSPS) is 10.0. The Kier molecular flexibility index (Phi) is 1.98. The van der Waals surface area contributed by atoms with E-state index in [2.05, 4.69) is 0 Å². The zero-order chi connectivity index (χ0) is 8.43. The van der Waals surface area contributed by atoms with Gasteiger partial charge in [-0.25, -0.2) is 4.79 Å². The topological polar surface area (TPSA) is 50.4 Å². The van der Waals surface area contributed by atoms with Crippen LogP contribution in [-0.4, -0.2) is 11.1 Å². The number of rotatable bonds is 2. The van der Waals surface area contributed by atoms with Gasteiger partial charge >= 0.3 is 5.97 Å². The van der Waals surface area contributed by atoms with Crippen molar-refractivity contribution < 1.29 is 14.3 Å². The molecule has 0 radical (unpaired) electrons. The van der Waals surface area contributed by atoms with Crippen molar-refractivity contribution in [1.82, 2.24) is 0 Å². The van der Waals surface area contributed by atoms with Gasteiger partial charge in [-0.05, 0) is 18.9 Å². The summed E-state index contributed by atoms with van der Waals surface area (Å²) in [5.41, 5.74) is 1.70. The third kappa shape index (κ3) is 1.27. The zero-order valence-electron chi connectivity index (χ0n) is 6.55. The molecule has 0 aliphatic heterocycles. The van der Waals surface area contributed by atoms with Gasteiger partial charge in [0.25, 0.3) is 0 Å². The molecule has 0 saturated heterocycles. The standard InChI is InChI=1S/C8H10O3/c1-3-6-4-11-7(5(6)2)8(9)10/h4H,3H2,1-2H3,(H,9,10). The van der Waals surface area contributed by atoms with Crippen molar-refractivity contribution in [2.24, 2.45) is 0 Å². The van der Waals surface area contributed by atoms with E-state index >= 15 is 0 Å². The monoisotopic (exact) mass is 154 g/mol. The molecule has 0 aliphatic rings. The molecule has 1 aromatic heterocycles. The summed E-state index contributed by atoms with van der Waals surface area (Å²) in [6.07, 6.45) is 2.31. The number of furan rings is 1. The van der Waals surface area contributed by atoms with Crippen molar-refractivity contribution in [2.45, 2.75) is 20.3 Å². The molecule has 0 bridgehead atoms. The van der Waals surface area contributed by atoms with Crippen molar-refractivity contribution in [3.63, 3.8) is 0 Å². The van der Waals surface area contributed by atoms with E-state index in [0.717, 1.165) is 17.5 Å². The third-order valence-corrected chi connectivity index (χ3v) is 1.72. The first-order valence-electron chi connectivity index (χ1n) is 3.47. The molecule has 1 heterocycles. The van der Waals surface area contributed by atoms with E-state index in [1.54, 1.807) is 6.92 Å². The Balaban J connectivity index is 3.10. The number of carboxylic acid groups (broad SMARTS) is 1. The molecule has 3 nitrogen and oxygen atoms in total. The quantitative estimate of drug-likeness (QED) is 0.707. The van der Waals surface area contributed by atoms with Crippen molar-refractivity contribution in [2.75, 3.05) is 0 Å². The van der Waals surface area contributed by atoms with E-state index in [1.807, 2.05) is 6.92 Å². The molecule has 0 aliphatic carbocycles. The van der Waals surface area contributed by atoms with Gasteiger partial charge in [0.1, 0.15) is 0 Å². The lowest BCUT2D eigenvalue weighted by molar-refractivity contribution is 0.0661. The molecule has 11 heavy (non-hydrogen) atoms. The fraction of sp³-hybridized carbons (Fsp3) is 0.375. The molecule has 1 rings (SSSR count). The highest BCUT2D eigenvalue weighted by Gasteiger charge is 2.13. The van der Waals surface area contributed by atoms with Crippen LogP contribution in [0.3, 0.4) is 0 Å². The predicted molar refractivity (Wildman–Crippen MR) is 39.8 cm³/mol. The van der Waals surface area contributed by atoms with E-state index in [4.69, 9.17) is 9.52 Å². The van der Waals surface area contributed by atoms with E-state index in [1.165, 1.54) is 6.26 Å². The van der Waals surface area contributed by atoms with Crippen LogP contribution < -0.4 is 0 Å². The summed E-state index contributed by atoms with van der Waals surface area (Å²) in [5, 5.41) is 8.58. The Morgan fingerprint density at radius 3 is 2.64 bits per heavy atom. The number of carbonyl (C=O) groups is 1. The highest BCUT2D eigenvalue weighted by atomic mass is 16.4. The predicted octanol–water partition coefficient (Wildman–Crippen LogP) is 1.85. The Morgan fingerprint density at radius 1 is 1.73 bits per heavy atom. The number of hydrogen-bond donors (Lipinski definition) is 1. The van der Waals surface area contributed by atoms with Crippen LogP contribution in [0, 0.1) is 6.92 Å². The lowest BCUT2D eigenvalue weighted by Gasteiger charge is -1.90. The largest absolute Gasteiger partial charge is 0.475 e. The summed E-state index contributed by atoms with van der Waals surface area (Å²) >= 11 is 0. The average Bonchev–Trinajstić information content (AvgIpc) is 2.30. The maximum atomic E-state index is 10.5. The van der Waals surface area contributed by atoms with Gasteiger partial charge < -0.3 is 9.52 Å². The molecule has 3 heteroatoms. The van der Waals surface area contributed by atoms with Crippen LogP contribution in [-0.2, 0) is 6.42 Å². The van der Waals surface area contributed by atoms with E-state index in [-0.39, 0.29) is 5.76 Å². The average molecular weight is 154 g/mol. The first-order valence-corrected chi connectivity index (χ1v) is 3.47. The molecule has 0 spiro atoms. The minimum atomic E-state index is -0.998. The van der Waals surface area contributed by atoms with Crippen LogP contribution in [0.4, 0.5) is 0 Å². The Bertz CT molecular complexity index is 273. The van der Waals surface area contributed by atoms with Crippen molar-refractivity contribution >= 4 is 5.97 Å². The molecule has 0 fully saturated rings. The molecule has 60 valence electrons. The molecule has 0 atom stereocenters. The van der Waals surface area contributed by atoms with Crippen LogP contribution in [0.1, 0.15) is 28.6 Å². The summed E-state index contributed by atoms with van der Waals surface area (Å²) in [6, 6.07) is 0. The molecule has 0 amide bonds. The van der Waals surface area contributed by atoms with Gasteiger partial charge in [-0.2, -0.15) is 0 Å². The van der Waals surface area contributed by atoms with Gasteiger partial charge in [0.05, 0.1) is 6.26 Å². The summed E-state index contributed by atoms with van der Waals surface area (Å²) in [4.78, 5) is 10.5. The lowest BCUT2D eigenvalue weighted by Crippen LogP contribution is -1.96. The van der Waals surface area contributed by atoms with Gasteiger partial charge in [-0.1, -0.05) is 6.92 Å². The number of aromatic carboxylic acids is 1. The zero-order valence-corrected chi connectivity index (χ0v) is 6.55. The second-order valence-electron chi connectivity index (χ2n) is 2.37. The van der Waals surface area contributed by atoms with Crippen LogP contribution >= 0.6 is 0 Å². The van der Waals surface area contributed by atoms with Crippen LogP contribution in [0.25, 0.3) is 0 Å². The van der Waals surface area contributed by atoms with Gasteiger partial charge in [0.2, 0.25) is 5.76 Å². The van der Waals surface area contributed by atoms with Crippen molar-refractivity contribution in [3.05, 3.63) is 23.2 Å². The van der Waals surface area contributed by atoms with E-state index in [0.29, 0.717) is 0 Å². The van der Waals surface area contributed by atoms with Gasteiger partial charge in [0, 0.05) is 5.56 Å². The summed E-state index contributed by atoms with van der Waals surface area (Å²) in [5.74, 6) is -0.941. The fourth-order valence-corrected chi connectivity index (χ4v) is 1.01. The molecule has 1 aromatic rings. The lowest BCUT2D eigenvalue weighted by atomic mass is 10.1. The van der Waals surface area contributed by atoms with Crippen LogP contribution in [0.5, 0.6) is 0 Å². The SMILES string of the molecule is CCc1coc(C(=O)O)c1C. The van der Waals surface area contributed by atoms with E-state index < -0.39 is 5.97 Å². The molecular weight excluding hydrogens is 144 g/mol. The second kappa shape index (κ2) is 2.78. The third-order valence-electron chi connectivity index (χ3n) is 1.72. The summed E-state index contributed by atoms with van der Waals surface area (Å²) in [7, 11) is 0. The van der Waals surface area contributed by atoms with Gasteiger partial charge in [-0.15, -0.1) is 0 Å². The number of hydrogen-bond acceptors (Lipinski definition) is 2. The first kappa shape index (κ1) is 7.85. The second-order valence-corrected chi connectivity index (χ2v) is 2.37. The van der Waals surface area contributed by atoms with Crippen molar-refractivity contribution in [3.8, 4) is 0 Å².